The van der Waals surface area contributed by atoms with Crippen molar-refractivity contribution in [2.45, 2.75) is 80.2 Å². The summed E-state index contributed by atoms with van der Waals surface area (Å²) in [5.74, 6) is -2.33. The lowest BCUT2D eigenvalue weighted by Crippen LogP contribution is -2.57. The highest BCUT2D eigenvalue weighted by Gasteiger charge is 2.62. The number of methoxy groups -OCH3 is 1. The number of carbonyl (C=O) groups is 4. The van der Waals surface area contributed by atoms with Gasteiger partial charge in [0.25, 0.3) is 5.91 Å². The fourth-order valence-corrected chi connectivity index (χ4v) is 9.78. The fraction of sp³-hybridized carbons (Fsp3) is 0.400. The van der Waals surface area contributed by atoms with E-state index in [0.29, 0.717) is 59.6 Å². The van der Waals surface area contributed by atoms with Gasteiger partial charge in [0.15, 0.2) is 0 Å². The van der Waals surface area contributed by atoms with Crippen molar-refractivity contribution in [1.82, 2.24) is 24.8 Å². The number of nitrogens with one attached hydrogen (secondary N) is 2. The van der Waals surface area contributed by atoms with Crippen LogP contribution < -0.4 is 19.5 Å². The number of likely N-dealkylation sites (tertiary alicyclic amines) is 2. The average molecular weight is 820 g/mol. The van der Waals surface area contributed by atoms with E-state index >= 15 is 4.79 Å². The molecule has 2 aliphatic carbocycles. The van der Waals surface area contributed by atoms with Gasteiger partial charge in [0, 0.05) is 54.9 Å². The van der Waals surface area contributed by atoms with Gasteiger partial charge in [-0.25, -0.2) is 13.4 Å². The predicted molar refractivity (Wildman–Crippen MR) is 222 cm³/mol. The zero-order chi connectivity index (χ0) is 41.3. The van der Waals surface area contributed by atoms with Gasteiger partial charge >= 0.3 is 0 Å². The molecule has 0 radical (unpaired) electrons. The molecule has 308 valence electrons. The molecule has 4 aromatic rings. The third kappa shape index (κ3) is 8.41. The number of hydrogen-bond acceptors (Lipinski definition) is 9. The zero-order valence-electron chi connectivity index (χ0n) is 33.0. The quantitative estimate of drug-likeness (QED) is 0.165. The third-order valence-electron chi connectivity index (χ3n) is 12.0. The Hall–Kier alpha value is -5.76. The van der Waals surface area contributed by atoms with Crippen molar-refractivity contribution < 1.29 is 37.1 Å². The molecule has 4 fully saturated rings. The number of carbonyl (C=O) groups excluding carboxylic acids is 4. The summed E-state index contributed by atoms with van der Waals surface area (Å²) in [6.07, 6.45) is 4.71. The molecule has 0 bridgehead atoms. The molecule has 2 saturated heterocycles. The number of pyridine rings is 1. The van der Waals surface area contributed by atoms with Crippen molar-refractivity contribution in [3.05, 3.63) is 103 Å². The summed E-state index contributed by atoms with van der Waals surface area (Å²) in [6, 6.07) is 24.9. The van der Waals surface area contributed by atoms with Gasteiger partial charge in [-0.05, 0) is 56.2 Å². The van der Waals surface area contributed by atoms with E-state index < -0.39 is 62.5 Å². The maximum absolute atomic E-state index is 15.0. The van der Waals surface area contributed by atoms with Crippen molar-refractivity contribution in [2.24, 2.45) is 5.92 Å². The number of aromatic nitrogens is 1. The minimum Gasteiger partial charge on any atom is -0.497 e. The summed E-state index contributed by atoms with van der Waals surface area (Å²) in [4.78, 5) is 65.3. The molecule has 3 aromatic carbocycles. The van der Waals surface area contributed by atoms with Crippen LogP contribution in [0.15, 0.2) is 97.6 Å². The topological polar surface area (TPSA) is 164 Å². The van der Waals surface area contributed by atoms with Crippen LogP contribution in [0.5, 0.6) is 11.5 Å². The summed E-state index contributed by atoms with van der Waals surface area (Å²) in [6.45, 7) is 5.08. The lowest BCUT2D eigenvalue weighted by Gasteiger charge is -2.31. The van der Waals surface area contributed by atoms with E-state index in [4.69, 9.17) is 14.5 Å². The van der Waals surface area contributed by atoms with Crippen LogP contribution in [0.1, 0.15) is 62.8 Å². The maximum atomic E-state index is 15.0. The van der Waals surface area contributed by atoms with Crippen LogP contribution in [0.2, 0.25) is 0 Å². The van der Waals surface area contributed by atoms with E-state index in [1.807, 2.05) is 84.9 Å². The molecule has 1 unspecified atom stereocenters. The van der Waals surface area contributed by atoms with Gasteiger partial charge in [0.1, 0.15) is 29.2 Å². The van der Waals surface area contributed by atoms with E-state index in [-0.39, 0.29) is 31.7 Å². The Morgan fingerprint density at radius 3 is 2.34 bits per heavy atom. The Bertz CT molecular complexity index is 2370. The van der Waals surface area contributed by atoms with Crippen molar-refractivity contribution >= 4 is 44.6 Å². The Morgan fingerprint density at radius 1 is 0.966 bits per heavy atom. The molecule has 3 heterocycles. The highest BCUT2D eigenvalue weighted by atomic mass is 32.2. The number of nitrogens with zero attached hydrogens (tertiary/aromatic N) is 3. The van der Waals surface area contributed by atoms with Crippen LogP contribution in [0, 0.1) is 5.92 Å². The summed E-state index contributed by atoms with van der Waals surface area (Å²) in [5.41, 5.74) is 1.23. The van der Waals surface area contributed by atoms with Crippen molar-refractivity contribution in [2.75, 3.05) is 26.7 Å². The molecule has 5 atom stereocenters. The second kappa shape index (κ2) is 16.5. The zero-order valence-corrected chi connectivity index (χ0v) is 33.9. The minimum absolute atomic E-state index is 0.00105. The molecule has 2 N–H and O–H groups in total. The Kier molecular flexibility index (Phi) is 11.2. The van der Waals surface area contributed by atoms with E-state index in [1.165, 1.54) is 11.0 Å². The summed E-state index contributed by atoms with van der Waals surface area (Å²) in [7, 11) is -2.33. The Labute approximate surface area is 344 Å². The number of hydrogen-bond donors (Lipinski definition) is 2. The molecule has 1 aromatic heterocycles. The first-order valence-electron chi connectivity index (χ1n) is 20.3. The predicted octanol–water partition coefficient (Wildman–Crippen LogP) is 5.11. The molecular formula is C45H49N5O8S. The molecule has 8 rings (SSSR count). The Morgan fingerprint density at radius 2 is 1.68 bits per heavy atom. The number of piperidine rings is 1. The molecule has 2 aliphatic heterocycles. The molecule has 4 amide bonds. The molecule has 4 aliphatic rings. The fourth-order valence-electron chi connectivity index (χ4n) is 8.41. The van der Waals surface area contributed by atoms with Crippen LogP contribution >= 0.6 is 0 Å². The molecule has 0 spiro atoms. The van der Waals surface area contributed by atoms with E-state index in [2.05, 4.69) is 16.6 Å². The SMILES string of the molecule is C=CC1C[C@]1(NC(=O)[C@@H]1C[C@@H](Oc2cc(-c3ccccc3)nc3cc(OC)ccc23)CN1C(=O)[C@@H](CC(=O)N1CCCCC1)c1ccccc1)C(=O)NS(=O)(=O)C1CC1. The number of fused-ring (bicyclic) bond motifs is 1. The number of ether oxygens (including phenoxy) is 2. The summed E-state index contributed by atoms with van der Waals surface area (Å²) < 4.78 is 40.2. The first kappa shape index (κ1) is 40.0. The minimum atomic E-state index is -3.91. The maximum Gasteiger partial charge on any atom is 0.259 e. The normalized spacial score (nSPS) is 23.2. The summed E-state index contributed by atoms with van der Waals surface area (Å²) in [5, 5.41) is 2.93. The number of benzene rings is 3. The van der Waals surface area contributed by atoms with Crippen LogP contribution in [0.3, 0.4) is 0 Å². The Balaban J connectivity index is 1.13. The lowest BCUT2D eigenvalue weighted by molar-refractivity contribution is -0.143. The first-order chi connectivity index (χ1) is 28.5. The van der Waals surface area contributed by atoms with Gasteiger partial charge in [0.05, 0.1) is 36.0 Å². The molecule has 2 saturated carbocycles. The number of rotatable bonds is 14. The lowest BCUT2D eigenvalue weighted by atomic mass is 9.92. The smallest absolute Gasteiger partial charge is 0.259 e. The van der Waals surface area contributed by atoms with Gasteiger partial charge in [-0.3, -0.25) is 23.9 Å². The standard InChI is InChI=1S/C45H49N5O8S/c1-3-31-27-45(31,44(54)48-59(55,56)34-18-19-34)47-42(52)39-24-33(58-40-26-37(30-15-9-5-10-16-30)46-38-23-32(57-2)17-20-35(38)40)28-50(39)43(53)36(29-13-7-4-8-14-29)25-41(51)49-21-11-6-12-22-49/h3-5,7-10,13-17,20,23,26,31,33-34,36,39H,1,6,11-12,18-19,21-22,24-25,27-28H2,2H3,(H,47,52)(H,48,54)/t31?,33-,36+,39+,45-/m1/s1. The average Bonchev–Trinajstić information content (AvgIpc) is 4.20. The second-order valence-electron chi connectivity index (χ2n) is 16.0. The molecular weight excluding hydrogens is 771 g/mol. The molecule has 14 heteroatoms. The van der Waals surface area contributed by atoms with Crippen LogP contribution in [0.4, 0.5) is 0 Å². The molecule has 59 heavy (non-hydrogen) atoms. The van der Waals surface area contributed by atoms with E-state index in [0.717, 1.165) is 24.8 Å². The van der Waals surface area contributed by atoms with Crippen molar-refractivity contribution in [1.29, 1.82) is 0 Å². The van der Waals surface area contributed by atoms with E-state index in [9.17, 15) is 22.8 Å². The van der Waals surface area contributed by atoms with Crippen LogP contribution in [-0.4, -0.2) is 96.5 Å². The second-order valence-corrected chi connectivity index (χ2v) is 18.0. The highest BCUT2D eigenvalue weighted by molar-refractivity contribution is 7.91. The van der Waals surface area contributed by atoms with Crippen LogP contribution in [0.25, 0.3) is 22.2 Å². The largest absolute Gasteiger partial charge is 0.497 e. The van der Waals surface area contributed by atoms with Crippen molar-refractivity contribution in [3.63, 3.8) is 0 Å². The van der Waals surface area contributed by atoms with Gasteiger partial charge in [0.2, 0.25) is 27.7 Å². The molecule has 13 nitrogen and oxygen atoms in total. The first-order valence-corrected chi connectivity index (χ1v) is 21.9. The monoisotopic (exact) mass is 819 g/mol. The number of amides is 4. The van der Waals surface area contributed by atoms with Gasteiger partial charge in [-0.1, -0.05) is 66.7 Å². The highest BCUT2D eigenvalue weighted by Crippen LogP contribution is 2.46. The van der Waals surface area contributed by atoms with Crippen LogP contribution in [-0.2, 0) is 29.2 Å². The van der Waals surface area contributed by atoms with E-state index in [1.54, 1.807) is 12.0 Å². The van der Waals surface area contributed by atoms with Gasteiger partial charge < -0.3 is 24.6 Å². The van der Waals surface area contributed by atoms with Gasteiger partial charge in [-0.2, -0.15) is 0 Å². The van der Waals surface area contributed by atoms with Gasteiger partial charge in [-0.15, -0.1) is 6.58 Å². The third-order valence-corrected chi connectivity index (χ3v) is 13.8. The summed E-state index contributed by atoms with van der Waals surface area (Å²) >= 11 is 0. The number of sulfonamides is 1. The van der Waals surface area contributed by atoms with Crippen molar-refractivity contribution in [3.8, 4) is 22.8 Å².